The molecule has 4 heterocycles. The standard InChI is InChI=1S/C15H17ClN4O/c16-12-1-2-14-18-13(3-15(21)20(14)8-12)9-19-6-10-4-17-5-11(10)7-19/h1-3,8,10-11,17H,4-7,9H2. The Kier molecular flexibility index (Phi) is 3.21. The minimum atomic E-state index is -0.0708. The van der Waals surface area contributed by atoms with Crippen LogP contribution in [0.25, 0.3) is 5.65 Å². The van der Waals surface area contributed by atoms with Crippen molar-refractivity contribution in [3.8, 4) is 0 Å². The fraction of sp³-hybridized carbons (Fsp3) is 0.467. The highest BCUT2D eigenvalue weighted by Crippen LogP contribution is 2.27. The Bertz CT molecular complexity index is 732. The van der Waals surface area contributed by atoms with Crippen molar-refractivity contribution in [3.63, 3.8) is 0 Å². The first kappa shape index (κ1) is 13.2. The molecule has 2 saturated heterocycles. The maximum absolute atomic E-state index is 12.2. The zero-order chi connectivity index (χ0) is 14.4. The maximum atomic E-state index is 12.2. The number of nitrogens with zero attached hydrogens (tertiary/aromatic N) is 3. The van der Waals surface area contributed by atoms with Gasteiger partial charge in [-0.25, -0.2) is 4.98 Å². The summed E-state index contributed by atoms with van der Waals surface area (Å²) >= 11 is 5.92. The number of likely N-dealkylation sites (tertiary alicyclic amines) is 1. The number of aromatic nitrogens is 2. The monoisotopic (exact) mass is 304 g/mol. The van der Waals surface area contributed by atoms with Crippen molar-refractivity contribution in [3.05, 3.63) is 45.5 Å². The van der Waals surface area contributed by atoms with Crippen molar-refractivity contribution in [2.45, 2.75) is 6.54 Å². The lowest BCUT2D eigenvalue weighted by Gasteiger charge is -2.16. The van der Waals surface area contributed by atoms with Crippen molar-refractivity contribution < 1.29 is 0 Å². The van der Waals surface area contributed by atoms with E-state index in [4.69, 9.17) is 11.6 Å². The average Bonchev–Trinajstić information content (AvgIpc) is 3.00. The van der Waals surface area contributed by atoms with Gasteiger partial charge < -0.3 is 5.32 Å². The predicted molar refractivity (Wildman–Crippen MR) is 81.6 cm³/mol. The van der Waals surface area contributed by atoms with E-state index < -0.39 is 0 Å². The summed E-state index contributed by atoms with van der Waals surface area (Å²) in [4.78, 5) is 19.1. The molecule has 0 saturated carbocycles. The normalized spacial score (nSPS) is 25.6. The van der Waals surface area contributed by atoms with Crippen LogP contribution in [0.15, 0.2) is 29.2 Å². The van der Waals surface area contributed by atoms with Crippen LogP contribution in [-0.4, -0.2) is 40.5 Å². The molecule has 0 aliphatic carbocycles. The fourth-order valence-corrected chi connectivity index (χ4v) is 3.68. The molecule has 0 amide bonds. The van der Waals surface area contributed by atoms with Crippen LogP contribution in [0.3, 0.4) is 0 Å². The van der Waals surface area contributed by atoms with E-state index >= 15 is 0 Å². The summed E-state index contributed by atoms with van der Waals surface area (Å²) in [6.07, 6.45) is 1.61. The van der Waals surface area contributed by atoms with Crippen molar-refractivity contribution in [2.75, 3.05) is 26.2 Å². The quantitative estimate of drug-likeness (QED) is 0.899. The number of rotatable bonds is 2. The molecule has 21 heavy (non-hydrogen) atoms. The molecule has 5 nitrogen and oxygen atoms in total. The average molecular weight is 305 g/mol. The minimum absolute atomic E-state index is 0.0708. The molecule has 0 aromatic carbocycles. The Hall–Kier alpha value is -1.43. The van der Waals surface area contributed by atoms with Gasteiger partial charge in [0.2, 0.25) is 0 Å². The molecule has 2 atom stereocenters. The van der Waals surface area contributed by atoms with Crippen LogP contribution in [0, 0.1) is 11.8 Å². The summed E-state index contributed by atoms with van der Waals surface area (Å²) in [5.41, 5.74) is 1.43. The summed E-state index contributed by atoms with van der Waals surface area (Å²) < 4.78 is 1.49. The largest absolute Gasteiger partial charge is 0.316 e. The molecule has 2 fully saturated rings. The van der Waals surface area contributed by atoms with Gasteiger partial charge in [-0.15, -0.1) is 0 Å². The van der Waals surface area contributed by atoms with Crippen molar-refractivity contribution >= 4 is 17.2 Å². The lowest BCUT2D eigenvalue weighted by Crippen LogP contribution is -2.27. The van der Waals surface area contributed by atoms with Crippen molar-refractivity contribution in [1.29, 1.82) is 0 Å². The van der Waals surface area contributed by atoms with E-state index in [2.05, 4.69) is 15.2 Å². The zero-order valence-corrected chi connectivity index (χ0v) is 12.4. The van der Waals surface area contributed by atoms with Gasteiger partial charge >= 0.3 is 0 Å². The first-order valence-electron chi connectivity index (χ1n) is 7.30. The molecule has 4 rings (SSSR count). The van der Waals surface area contributed by atoms with Crippen molar-refractivity contribution in [2.24, 2.45) is 11.8 Å². The van der Waals surface area contributed by atoms with E-state index in [0.29, 0.717) is 10.7 Å². The Balaban J connectivity index is 1.60. The number of hydrogen-bond acceptors (Lipinski definition) is 4. The topological polar surface area (TPSA) is 49.6 Å². The van der Waals surface area contributed by atoms with Gasteiger partial charge in [0, 0.05) is 31.9 Å². The van der Waals surface area contributed by atoms with E-state index in [0.717, 1.165) is 50.3 Å². The Labute approximate surface area is 127 Å². The zero-order valence-electron chi connectivity index (χ0n) is 11.6. The number of nitrogens with one attached hydrogen (secondary N) is 1. The van der Waals surface area contributed by atoms with Crippen LogP contribution in [0.4, 0.5) is 0 Å². The molecule has 2 aliphatic heterocycles. The molecule has 110 valence electrons. The smallest absolute Gasteiger partial charge is 0.258 e. The van der Waals surface area contributed by atoms with Gasteiger partial charge in [-0.3, -0.25) is 14.1 Å². The van der Waals surface area contributed by atoms with Crippen LogP contribution < -0.4 is 10.9 Å². The van der Waals surface area contributed by atoms with Crippen molar-refractivity contribution in [1.82, 2.24) is 19.6 Å². The summed E-state index contributed by atoms with van der Waals surface area (Å²) in [7, 11) is 0. The number of fused-ring (bicyclic) bond motifs is 2. The molecule has 2 unspecified atom stereocenters. The van der Waals surface area contributed by atoms with E-state index in [-0.39, 0.29) is 5.56 Å². The summed E-state index contributed by atoms with van der Waals surface area (Å²) in [6, 6.07) is 5.17. The molecule has 0 radical (unpaired) electrons. The third kappa shape index (κ3) is 2.46. The summed E-state index contributed by atoms with van der Waals surface area (Å²) in [6.45, 7) is 5.18. The summed E-state index contributed by atoms with van der Waals surface area (Å²) in [5.74, 6) is 1.51. The second-order valence-electron chi connectivity index (χ2n) is 6.03. The minimum Gasteiger partial charge on any atom is -0.316 e. The molecular weight excluding hydrogens is 288 g/mol. The van der Waals surface area contributed by atoms with Crippen LogP contribution in [0.5, 0.6) is 0 Å². The van der Waals surface area contributed by atoms with E-state index in [1.807, 2.05) is 0 Å². The van der Waals surface area contributed by atoms with Gasteiger partial charge in [-0.05, 0) is 37.1 Å². The highest BCUT2D eigenvalue weighted by Gasteiger charge is 2.35. The lowest BCUT2D eigenvalue weighted by molar-refractivity contribution is 0.302. The SMILES string of the molecule is O=c1cc(CN2CC3CNCC3C2)nc2ccc(Cl)cn12. The molecule has 2 aliphatic rings. The van der Waals surface area contributed by atoms with Crippen LogP contribution in [-0.2, 0) is 6.54 Å². The Morgan fingerprint density at radius 1 is 1.29 bits per heavy atom. The third-order valence-corrected chi connectivity index (χ3v) is 4.75. The number of hydrogen-bond donors (Lipinski definition) is 1. The third-order valence-electron chi connectivity index (χ3n) is 4.53. The second-order valence-corrected chi connectivity index (χ2v) is 6.47. The van der Waals surface area contributed by atoms with Crippen LogP contribution in [0.1, 0.15) is 5.69 Å². The van der Waals surface area contributed by atoms with Crippen LogP contribution in [0.2, 0.25) is 5.02 Å². The molecule has 6 heteroatoms. The van der Waals surface area contributed by atoms with Crippen LogP contribution >= 0.6 is 11.6 Å². The maximum Gasteiger partial charge on any atom is 0.258 e. The molecule has 0 spiro atoms. The highest BCUT2D eigenvalue weighted by molar-refractivity contribution is 6.30. The highest BCUT2D eigenvalue weighted by atomic mass is 35.5. The van der Waals surface area contributed by atoms with Gasteiger partial charge in [0.25, 0.3) is 5.56 Å². The first-order chi connectivity index (χ1) is 10.2. The van der Waals surface area contributed by atoms with E-state index in [9.17, 15) is 4.79 Å². The van der Waals surface area contributed by atoms with Gasteiger partial charge in [0.1, 0.15) is 5.65 Å². The Morgan fingerprint density at radius 3 is 2.81 bits per heavy atom. The fourth-order valence-electron chi connectivity index (χ4n) is 3.52. The Morgan fingerprint density at radius 2 is 2.05 bits per heavy atom. The predicted octanol–water partition coefficient (Wildman–Crippen LogP) is 0.999. The van der Waals surface area contributed by atoms with Gasteiger partial charge in [-0.2, -0.15) is 0 Å². The molecular formula is C15H17ClN4O. The summed E-state index contributed by atoms with van der Waals surface area (Å²) in [5, 5.41) is 3.98. The number of pyridine rings is 1. The first-order valence-corrected chi connectivity index (χ1v) is 7.68. The molecule has 1 N–H and O–H groups in total. The molecule has 2 aromatic heterocycles. The second kappa shape index (κ2) is 5.09. The molecule has 0 bridgehead atoms. The van der Waals surface area contributed by atoms with Gasteiger partial charge in [0.05, 0.1) is 10.7 Å². The van der Waals surface area contributed by atoms with Gasteiger partial charge in [0.15, 0.2) is 0 Å². The van der Waals surface area contributed by atoms with E-state index in [1.54, 1.807) is 24.4 Å². The van der Waals surface area contributed by atoms with E-state index in [1.165, 1.54) is 4.40 Å². The lowest BCUT2D eigenvalue weighted by atomic mass is 10.0. The molecule has 2 aromatic rings. The van der Waals surface area contributed by atoms with Gasteiger partial charge in [-0.1, -0.05) is 11.6 Å². The number of halogens is 1.